The van der Waals surface area contributed by atoms with Gasteiger partial charge >= 0.3 is 5.97 Å². The largest absolute Gasteiger partial charge is 0.497 e. The van der Waals surface area contributed by atoms with Gasteiger partial charge in [-0.15, -0.1) is 11.8 Å². The van der Waals surface area contributed by atoms with Gasteiger partial charge < -0.3 is 19.8 Å². The van der Waals surface area contributed by atoms with Crippen molar-refractivity contribution in [2.24, 2.45) is 5.41 Å². The van der Waals surface area contributed by atoms with E-state index < -0.39 is 17.5 Å². The minimum atomic E-state index is -0.895. The van der Waals surface area contributed by atoms with E-state index in [9.17, 15) is 15.0 Å². The van der Waals surface area contributed by atoms with Crippen LogP contribution in [0.5, 0.6) is 5.75 Å². The van der Waals surface area contributed by atoms with E-state index in [1.807, 2.05) is 30.5 Å². The van der Waals surface area contributed by atoms with E-state index >= 15 is 0 Å². The van der Waals surface area contributed by atoms with Gasteiger partial charge in [-0.2, -0.15) is 0 Å². The molecule has 0 unspecified atom stereocenters. The summed E-state index contributed by atoms with van der Waals surface area (Å²) in [7, 11) is 1.58. The molecule has 1 aliphatic heterocycles. The highest BCUT2D eigenvalue weighted by Crippen LogP contribution is 2.41. The minimum Gasteiger partial charge on any atom is -0.497 e. The lowest BCUT2D eigenvalue weighted by atomic mass is 9.74. The van der Waals surface area contributed by atoms with Crippen LogP contribution in [0.25, 0.3) is 10.9 Å². The number of rotatable bonds is 11. The van der Waals surface area contributed by atoms with Gasteiger partial charge in [-0.1, -0.05) is 11.6 Å². The number of piperidine rings is 1. The number of benzene rings is 1. The fraction of sp³-hybridized carbons (Fsp3) is 0.444. The summed E-state index contributed by atoms with van der Waals surface area (Å²) in [6.07, 6.45) is 7.17. The molecule has 1 aromatic carbocycles. The number of likely N-dealkylation sites (tertiary alicyclic amines) is 1. The summed E-state index contributed by atoms with van der Waals surface area (Å²) in [4.78, 5) is 24.4. The highest BCUT2D eigenvalue weighted by molar-refractivity contribution is 7.99. The molecule has 36 heavy (non-hydrogen) atoms. The van der Waals surface area contributed by atoms with Crippen LogP contribution in [0.3, 0.4) is 0 Å². The van der Waals surface area contributed by atoms with Crippen molar-refractivity contribution in [1.29, 1.82) is 0 Å². The number of methoxy groups -OCH3 is 1. The standard InChI is InChI=1S/C27H32ClN3O4S/c1-35-19-5-6-23-21(16-19)25(22(28)18-30-23)24(32)7-8-27(26(33)34)9-13-31(14-10-27)12-3-15-36-20-4-2-11-29-17-20/h2,4-6,11,16-18,24,32H,3,7-10,12-15H2,1H3,(H,33,34)/t24-/m1/s1. The highest BCUT2D eigenvalue weighted by atomic mass is 35.5. The first-order valence-corrected chi connectivity index (χ1v) is 13.6. The third kappa shape index (κ3) is 6.29. The van der Waals surface area contributed by atoms with Crippen molar-refractivity contribution >= 4 is 40.2 Å². The van der Waals surface area contributed by atoms with Gasteiger partial charge in [-0.05, 0) is 87.8 Å². The van der Waals surface area contributed by atoms with Crippen LogP contribution in [0, 0.1) is 5.41 Å². The number of fused-ring (bicyclic) bond motifs is 1. The maximum absolute atomic E-state index is 12.4. The molecule has 3 heterocycles. The molecule has 0 spiro atoms. The van der Waals surface area contributed by atoms with E-state index in [4.69, 9.17) is 16.3 Å². The Bertz CT molecular complexity index is 1170. The van der Waals surface area contributed by atoms with Crippen LogP contribution in [0.2, 0.25) is 5.02 Å². The summed E-state index contributed by atoms with van der Waals surface area (Å²) in [5.41, 5.74) is 0.441. The van der Waals surface area contributed by atoms with Gasteiger partial charge in [0.05, 0.1) is 29.2 Å². The second kappa shape index (κ2) is 12.2. The Morgan fingerprint density at radius 1 is 1.28 bits per heavy atom. The molecule has 0 aliphatic carbocycles. The molecule has 1 atom stereocenters. The number of pyridine rings is 2. The maximum Gasteiger partial charge on any atom is 0.309 e. The summed E-state index contributed by atoms with van der Waals surface area (Å²) < 4.78 is 5.33. The topological polar surface area (TPSA) is 95.8 Å². The minimum absolute atomic E-state index is 0.310. The van der Waals surface area contributed by atoms with Crippen LogP contribution in [-0.4, -0.2) is 63.5 Å². The first-order valence-electron chi connectivity index (χ1n) is 12.2. The second-order valence-electron chi connectivity index (χ2n) is 9.28. The van der Waals surface area contributed by atoms with Gasteiger partial charge in [0.2, 0.25) is 0 Å². The molecule has 9 heteroatoms. The SMILES string of the molecule is COc1ccc2ncc(Cl)c([C@H](O)CCC3(C(=O)O)CCN(CCCSc4cccnc4)CC3)c2c1. The van der Waals surface area contributed by atoms with Crippen LogP contribution in [0.1, 0.15) is 43.8 Å². The Kier molecular flexibility index (Phi) is 9.06. The number of aliphatic carboxylic acids is 1. The zero-order chi connectivity index (χ0) is 25.5. The van der Waals surface area contributed by atoms with Crippen molar-refractivity contribution in [1.82, 2.24) is 14.9 Å². The molecule has 1 saturated heterocycles. The smallest absolute Gasteiger partial charge is 0.309 e. The van der Waals surface area contributed by atoms with E-state index in [0.717, 1.165) is 37.2 Å². The lowest BCUT2D eigenvalue weighted by Gasteiger charge is -2.39. The third-order valence-corrected chi connectivity index (χ3v) is 8.46. The Balaban J connectivity index is 1.34. The number of carboxylic acids is 1. The van der Waals surface area contributed by atoms with Crippen LogP contribution >= 0.6 is 23.4 Å². The van der Waals surface area contributed by atoms with Gasteiger partial charge in [0.1, 0.15) is 5.75 Å². The van der Waals surface area contributed by atoms with Crippen LogP contribution in [-0.2, 0) is 4.79 Å². The summed E-state index contributed by atoms with van der Waals surface area (Å²) >= 11 is 8.23. The molecule has 0 saturated carbocycles. The van der Waals surface area contributed by atoms with Crippen molar-refractivity contribution in [2.75, 3.05) is 32.5 Å². The molecular weight excluding hydrogens is 498 g/mol. The zero-order valence-electron chi connectivity index (χ0n) is 20.4. The van der Waals surface area contributed by atoms with Gasteiger partial charge in [0.25, 0.3) is 0 Å². The van der Waals surface area contributed by atoms with E-state index in [1.165, 1.54) is 11.1 Å². The van der Waals surface area contributed by atoms with Crippen molar-refractivity contribution in [2.45, 2.75) is 43.1 Å². The van der Waals surface area contributed by atoms with Gasteiger partial charge in [0.15, 0.2) is 0 Å². The van der Waals surface area contributed by atoms with Gasteiger partial charge in [-0.25, -0.2) is 0 Å². The fourth-order valence-corrected chi connectivity index (χ4v) is 5.97. The molecule has 0 radical (unpaired) electrons. The quantitative estimate of drug-likeness (QED) is 0.250. The van der Waals surface area contributed by atoms with E-state index in [-0.39, 0.29) is 0 Å². The Morgan fingerprint density at radius 2 is 2.08 bits per heavy atom. The molecule has 7 nitrogen and oxygen atoms in total. The molecule has 2 N–H and O–H groups in total. The average molecular weight is 530 g/mol. The number of thioether (sulfide) groups is 1. The number of aliphatic hydroxyl groups is 1. The van der Waals surface area contributed by atoms with Crippen molar-refractivity contribution in [3.8, 4) is 5.75 Å². The Hall–Kier alpha value is -2.39. The number of halogens is 1. The number of hydrogen-bond acceptors (Lipinski definition) is 7. The van der Waals surface area contributed by atoms with Crippen LogP contribution in [0.4, 0.5) is 0 Å². The number of aromatic nitrogens is 2. The lowest BCUT2D eigenvalue weighted by molar-refractivity contribution is -0.153. The maximum atomic E-state index is 12.4. The number of carboxylic acid groups (broad SMARTS) is 1. The summed E-state index contributed by atoms with van der Waals surface area (Å²) in [6.45, 7) is 2.44. The average Bonchev–Trinajstić information content (AvgIpc) is 2.90. The number of carbonyl (C=O) groups is 1. The van der Waals surface area contributed by atoms with Crippen LogP contribution in [0.15, 0.2) is 53.8 Å². The number of nitrogens with zero attached hydrogens (tertiary/aromatic N) is 3. The summed E-state index contributed by atoms with van der Waals surface area (Å²) in [5.74, 6) is 0.867. The van der Waals surface area contributed by atoms with Gasteiger partial charge in [-0.3, -0.25) is 14.8 Å². The Morgan fingerprint density at radius 3 is 2.78 bits per heavy atom. The third-order valence-electron chi connectivity index (χ3n) is 7.09. The van der Waals surface area contributed by atoms with E-state index in [0.29, 0.717) is 47.5 Å². The van der Waals surface area contributed by atoms with E-state index in [1.54, 1.807) is 25.1 Å². The van der Waals surface area contributed by atoms with E-state index in [2.05, 4.69) is 20.9 Å². The predicted octanol–water partition coefficient (Wildman–Crippen LogP) is 5.45. The monoisotopic (exact) mass is 529 g/mol. The van der Waals surface area contributed by atoms with Gasteiger partial charge in [0, 0.05) is 34.4 Å². The molecule has 1 fully saturated rings. The second-order valence-corrected chi connectivity index (χ2v) is 10.9. The number of aliphatic hydroxyl groups excluding tert-OH is 1. The zero-order valence-corrected chi connectivity index (χ0v) is 22.0. The summed E-state index contributed by atoms with van der Waals surface area (Å²) in [6, 6.07) is 9.45. The first kappa shape index (κ1) is 26.7. The fourth-order valence-electron chi connectivity index (χ4n) is 4.88. The summed E-state index contributed by atoms with van der Waals surface area (Å²) in [5, 5.41) is 22.3. The lowest BCUT2D eigenvalue weighted by Crippen LogP contribution is -2.44. The Labute approximate surface area is 220 Å². The molecule has 1 aliphatic rings. The molecule has 0 amide bonds. The highest BCUT2D eigenvalue weighted by Gasteiger charge is 2.41. The van der Waals surface area contributed by atoms with Crippen molar-refractivity contribution in [3.63, 3.8) is 0 Å². The first-order chi connectivity index (χ1) is 17.4. The predicted molar refractivity (Wildman–Crippen MR) is 143 cm³/mol. The van der Waals surface area contributed by atoms with Crippen molar-refractivity contribution in [3.05, 3.63) is 59.5 Å². The molecule has 2 aromatic heterocycles. The van der Waals surface area contributed by atoms with Crippen LogP contribution < -0.4 is 4.74 Å². The molecule has 3 aromatic rings. The molecule has 4 rings (SSSR count). The number of ether oxygens (including phenoxy) is 1. The van der Waals surface area contributed by atoms with Crippen molar-refractivity contribution < 1.29 is 19.7 Å². The molecule has 0 bridgehead atoms. The number of hydrogen-bond donors (Lipinski definition) is 2. The molecular formula is C27H32ClN3O4S. The normalized spacial score (nSPS) is 16.6. The molecule has 192 valence electrons.